The summed E-state index contributed by atoms with van der Waals surface area (Å²) in [4.78, 5) is 12.3. The second kappa shape index (κ2) is 9.19. The van der Waals surface area contributed by atoms with Gasteiger partial charge in [-0.05, 0) is 42.5 Å². The number of anilines is 1. The highest BCUT2D eigenvalue weighted by Gasteiger charge is 2.35. The predicted octanol–water partition coefficient (Wildman–Crippen LogP) is 5.00. The van der Waals surface area contributed by atoms with E-state index in [0.29, 0.717) is 5.69 Å². The minimum atomic E-state index is -1.94. The molecule has 2 rings (SSSR count). The lowest BCUT2D eigenvalue weighted by atomic mass is 10.2. The van der Waals surface area contributed by atoms with E-state index in [1.165, 1.54) is 18.2 Å². The molecule has 2 aromatic carbocycles. The number of carbonyl (C=O) groups is 1. The predicted molar refractivity (Wildman–Crippen MR) is 111 cm³/mol. The molecule has 0 aliphatic heterocycles. The molecule has 0 radical (unpaired) electrons. The summed E-state index contributed by atoms with van der Waals surface area (Å²) in [6.45, 7) is 0. The van der Waals surface area contributed by atoms with Gasteiger partial charge in [0, 0.05) is 10.2 Å². The average molecular weight is 500 g/mol. The SMILES string of the molecule is O=C(N[C@H](NC(=S)Nc1cccc(Br)c1)C(Cl)(Cl)Cl)c1ccccc1F. The third-order valence-electron chi connectivity index (χ3n) is 3.08. The first-order valence-electron chi connectivity index (χ1n) is 7.12. The second-order valence-electron chi connectivity index (χ2n) is 5.04. The van der Waals surface area contributed by atoms with Crippen molar-refractivity contribution in [2.24, 2.45) is 0 Å². The molecule has 1 atom stereocenters. The van der Waals surface area contributed by atoms with Gasteiger partial charge in [0.05, 0.1) is 5.56 Å². The lowest BCUT2D eigenvalue weighted by Gasteiger charge is -2.27. The number of rotatable bonds is 4. The summed E-state index contributed by atoms with van der Waals surface area (Å²) in [6, 6.07) is 12.7. The van der Waals surface area contributed by atoms with Crippen molar-refractivity contribution in [2.45, 2.75) is 9.96 Å². The first-order valence-corrected chi connectivity index (χ1v) is 9.45. The lowest BCUT2D eigenvalue weighted by molar-refractivity contribution is 0.0930. The molecule has 0 saturated heterocycles. The van der Waals surface area contributed by atoms with E-state index < -0.39 is 21.7 Å². The number of halogens is 5. The average Bonchev–Trinajstić information content (AvgIpc) is 2.53. The van der Waals surface area contributed by atoms with Crippen molar-refractivity contribution in [1.29, 1.82) is 0 Å². The molecule has 0 heterocycles. The maximum Gasteiger partial charge on any atom is 0.255 e. The van der Waals surface area contributed by atoms with Crippen molar-refractivity contribution in [2.75, 3.05) is 5.32 Å². The molecule has 10 heteroatoms. The number of hydrogen-bond donors (Lipinski definition) is 3. The third kappa shape index (κ3) is 6.25. The van der Waals surface area contributed by atoms with E-state index >= 15 is 0 Å². The summed E-state index contributed by atoms with van der Waals surface area (Å²) >= 11 is 26.2. The zero-order chi connectivity index (χ0) is 19.3. The number of benzene rings is 2. The highest BCUT2D eigenvalue weighted by molar-refractivity contribution is 9.10. The minimum absolute atomic E-state index is 0.105. The van der Waals surface area contributed by atoms with Crippen LogP contribution in [0, 0.1) is 5.82 Å². The molecule has 1 amide bonds. The zero-order valence-electron chi connectivity index (χ0n) is 12.9. The van der Waals surface area contributed by atoms with Gasteiger partial charge in [-0.15, -0.1) is 0 Å². The normalized spacial score (nSPS) is 12.2. The Morgan fingerprint density at radius 1 is 1.12 bits per heavy atom. The van der Waals surface area contributed by atoms with Gasteiger partial charge < -0.3 is 16.0 Å². The highest BCUT2D eigenvalue weighted by Crippen LogP contribution is 2.29. The Morgan fingerprint density at radius 3 is 2.42 bits per heavy atom. The number of alkyl halides is 3. The third-order valence-corrected chi connectivity index (χ3v) is 4.45. The molecule has 0 saturated carbocycles. The van der Waals surface area contributed by atoms with Gasteiger partial charge in [0.25, 0.3) is 5.91 Å². The van der Waals surface area contributed by atoms with Crippen LogP contribution < -0.4 is 16.0 Å². The van der Waals surface area contributed by atoms with Crippen LogP contribution in [0.4, 0.5) is 10.1 Å². The molecule has 3 N–H and O–H groups in total. The van der Waals surface area contributed by atoms with Gasteiger partial charge in [0.15, 0.2) is 5.11 Å². The van der Waals surface area contributed by atoms with Crippen LogP contribution in [0.5, 0.6) is 0 Å². The fraction of sp³-hybridized carbons (Fsp3) is 0.125. The van der Waals surface area contributed by atoms with E-state index in [1.54, 1.807) is 18.2 Å². The van der Waals surface area contributed by atoms with E-state index in [9.17, 15) is 9.18 Å². The molecule has 0 unspecified atom stereocenters. The maximum absolute atomic E-state index is 13.8. The van der Waals surface area contributed by atoms with Crippen molar-refractivity contribution in [3.63, 3.8) is 0 Å². The summed E-state index contributed by atoms with van der Waals surface area (Å²) in [7, 11) is 0. The smallest absolute Gasteiger partial charge is 0.255 e. The Balaban J connectivity index is 2.09. The summed E-state index contributed by atoms with van der Waals surface area (Å²) in [6.07, 6.45) is -1.20. The Hall–Kier alpha value is -1.12. The van der Waals surface area contributed by atoms with Crippen LogP contribution in [-0.4, -0.2) is 21.0 Å². The molecule has 0 aliphatic carbocycles. The van der Waals surface area contributed by atoms with Gasteiger partial charge in [0.1, 0.15) is 12.0 Å². The van der Waals surface area contributed by atoms with E-state index in [0.717, 1.165) is 10.5 Å². The molecule has 0 spiro atoms. The topological polar surface area (TPSA) is 53.2 Å². The van der Waals surface area contributed by atoms with E-state index in [-0.39, 0.29) is 10.7 Å². The summed E-state index contributed by atoms with van der Waals surface area (Å²) in [5.41, 5.74) is 0.500. The molecular weight excluding hydrogens is 488 g/mol. The van der Waals surface area contributed by atoms with Crippen molar-refractivity contribution in [3.8, 4) is 0 Å². The molecular formula is C16H12BrCl3FN3OS. The fourth-order valence-electron chi connectivity index (χ4n) is 1.92. The van der Waals surface area contributed by atoms with Crippen LogP contribution in [0.2, 0.25) is 0 Å². The Bertz CT molecular complexity index is 819. The van der Waals surface area contributed by atoms with Gasteiger partial charge in [-0.25, -0.2) is 4.39 Å². The van der Waals surface area contributed by atoms with E-state index in [4.69, 9.17) is 47.0 Å². The number of amides is 1. The largest absolute Gasteiger partial charge is 0.339 e. The van der Waals surface area contributed by atoms with Gasteiger partial charge in [-0.3, -0.25) is 4.79 Å². The fourth-order valence-corrected chi connectivity index (χ4v) is 2.88. The summed E-state index contributed by atoms with van der Waals surface area (Å²) in [5.74, 6) is -1.44. The van der Waals surface area contributed by atoms with Gasteiger partial charge in [0.2, 0.25) is 3.79 Å². The molecule has 0 aromatic heterocycles. The van der Waals surface area contributed by atoms with Gasteiger partial charge in [-0.1, -0.05) is 68.9 Å². The quantitative estimate of drug-likeness (QED) is 0.315. The van der Waals surface area contributed by atoms with Crippen LogP contribution >= 0.6 is 63.0 Å². The maximum atomic E-state index is 13.8. The summed E-state index contributed by atoms with van der Waals surface area (Å²) < 4.78 is 12.7. The molecule has 2 aromatic rings. The molecule has 138 valence electrons. The van der Waals surface area contributed by atoms with E-state index in [2.05, 4.69) is 31.9 Å². The van der Waals surface area contributed by atoms with Crippen molar-refractivity contribution in [1.82, 2.24) is 10.6 Å². The first kappa shape index (κ1) is 21.2. The van der Waals surface area contributed by atoms with Crippen LogP contribution in [0.25, 0.3) is 0 Å². The number of thiocarbonyl (C=S) groups is 1. The monoisotopic (exact) mass is 497 g/mol. The van der Waals surface area contributed by atoms with Gasteiger partial charge in [-0.2, -0.15) is 0 Å². The number of hydrogen-bond acceptors (Lipinski definition) is 2. The Labute approximate surface area is 178 Å². The van der Waals surface area contributed by atoms with Crippen molar-refractivity contribution in [3.05, 3.63) is 64.4 Å². The van der Waals surface area contributed by atoms with Gasteiger partial charge >= 0.3 is 0 Å². The highest BCUT2D eigenvalue weighted by atomic mass is 79.9. The molecule has 26 heavy (non-hydrogen) atoms. The first-order chi connectivity index (χ1) is 12.2. The minimum Gasteiger partial charge on any atom is -0.339 e. The van der Waals surface area contributed by atoms with E-state index in [1.807, 2.05) is 6.07 Å². The van der Waals surface area contributed by atoms with Crippen molar-refractivity contribution >= 4 is 79.7 Å². The van der Waals surface area contributed by atoms with Crippen molar-refractivity contribution < 1.29 is 9.18 Å². The zero-order valence-corrected chi connectivity index (χ0v) is 17.6. The van der Waals surface area contributed by atoms with Crippen LogP contribution in [-0.2, 0) is 0 Å². The lowest BCUT2D eigenvalue weighted by Crippen LogP contribution is -2.56. The number of carbonyl (C=O) groups excluding carboxylic acids is 1. The summed E-state index contributed by atoms with van der Waals surface area (Å²) in [5, 5.41) is 8.12. The molecule has 4 nitrogen and oxygen atoms in total. The number of nitrogens with one attached hydrogen (secondary N) is 3. The Morgan fingerprint density at radius 2 is 1.81 bits per heavy atom. The van der Waals surface area contributed by atoms with Crippen LogP contribution in [0.3, 0.4) is 0 Å². The molecule has 0 fully saturated rings. The van der Waals surface area contributed by atoms with Crippen LogP contribution in [0.1, 0.15) is 10.4 Å². The standard InChI is InChI=1S/C16H12BrCl3FN3OS/c17-9-4-3-5-10(8-9)22-15(26)24-14(16(18,19)20)23-13(25)11-6-1-2-7-12(11)21/h1-8,14H,(H,23,25)(H2,22,24,26)/t14-/m1/s1. The van der Waals surface area contributed by atoms with Crippen LogP contribution in [0.15, 0.2) is 53.0 Å². The molecule has 0 bridgehead atoms. The Kier molecular flexibility index (Phi) is 7.49. The molecule has 0 aliphatic rings. The second-order valence-corrected chi connectivity index (χ2v) is 8.73.